The largest absolute Gasteiger partial charge is 0.397 e. The van der Waals surface area contributed by atoms with E-state index >= 15 is 0 Å². The van der Waals surface area contributed by atoms with Gasteiger partial charge in [0.25, 0.3) is 5.91 Å². The molecule has 23 heavy (non-hydrogen) atoms. The molecule has 0 spiro atoms. The predicted molar refractivity (Wildman–Crippen MR) is 88.6 cm³/mol. The zero-order chi connectivity index (χ0) is 16.6. The minimum atomic E-state index is -0.121. The molecule has 7 nitrogen and oxygen atoms in total. The van der Waals surface area contributed by atoms with Crippen LogP contribution in [0.1, 0.15) is 27.3 Å². The van der Waals surface area contributed by atoms with E-state index in [1.54, 1.807) is 4.90 Å². The third-order valence-corrected chi connectivity index (χ3v) is 5.29. The molecule has 124 valence electrons. The summed E-state index contributed by atoms with van der Waals surface area (Å²) in [5, 5.41) is 18.1. The van der Waals surface area contributed by atoms with Crippen LogP contribution >= 0.6 is 11.3 Å². The molecule has 1 amide bonds. The first-order chi connectivity index (χ1) is 11.0. The summed E-state index contributed by atoms with van der Waals surface area (Å²) in [6, 6.07) is 0.0487. The van der Waals surface area contributed by atoms with E-state index in [4.69, 9.17) is 15.6 Å². The lowest BCUT2D eigenvalue weighted by Crippen LogP contribution is -2.52. The average Bonchev–Trinajstić information content (AvgIpc) is 2.82. The molecule has 0 radical (unpaired) electrons. The summed E-state index contributed by atoms with van der Waals surface area (Å²) in [6.07, 6.45) is 0.533. The molecule has 3 heterocycles. The smallest absolute Gasteiger partial charge is 0.266 e. The second-order valence-corrected chi connectivity index (χ2v) is 6.70. The van der Waals surface area contributed by atoms with Crippen LogP contribution in [-0.2, 0) is 4.74 Å². The van der Waals surface area contributed by atoms with Crippen molar-refractivity contribution >= 4 is 33.1 Å². The zero-order valence-electron chi connectivity index (χ0n) is 13.2. The number of aromatic nitrogens is 2. The maximum atomic E-state index is 12.9. The molecular weight excluding hydrogens is 316 g/mol. The maximum Gasteiger partial charge on any atom is 0.266 e. The number of nitrogens with two attached hydrogens (primary N) is 1. The third-order valence-electron chi connectivity index (χ3n) is 4.21. The van der Waals surface area contributed by atoms with Crippen molar-refractivity contribution in [2.24, 2.45) is 0 Å². The molecule has 3 rings (SSSR count). The Hall–Kier alpha value is -1.77. The number of carbonyl (C=O) groups is 1. The normalized spacial score (nSPS) is 14.9. The van der Waals surface area contributed by atoms with Gasteiger partial charge in [-0.1, -0.05) is 0 Å². The van der Waals surface area contributed by atoms with E-state index in [-0.39, 0.29) is 18.6 Å². The van der Waals surface area contributed by atoms with Crippen molar-refractivity contribution in [1.29, 1.82) is 0 Å². The molecule has 0 aromatic carbocycles. The second-order valence-electron chi connectivity index (χ2n) is 5.70. The number of aliphatic hydroxyl groups excluding tert-OH is 1. The number of fused-ring (bicyclic) bond motifs is 1. The topological polar surface area (TPSA) is 102 Å². The zero-order valence-corrected chi connectivity index (χ0v) is 14.0. The van der Waals surface area contributed by atoms with Crippen molar-refractivity contribution in [3.8, 4) is 0 Å². The molecule has 0 bridgehead atoms. The Bertz CT molecular complexity index is 742. The highest BCUT2D eigenvalue weighted by Gasteiger charge is 2.32. The lowest BCUT2D eigenvalue weighted by atomic mass is 10.1. The number of thiophene rings is 1. The van der Waals surface area contributed by atoms with Crippen LogP contribution in [0.4, 0.5) is 5.69 Å². The van der Waals surface area contributed by atoms with E-state index in [0.717, 1.165) is 16.6 Å². The van der Waals surface area contributed by atoms with Crippen molar-refractivity contribution in [2.45, 2.75) is 26.3 Å². The summed E-state index contributed by atoms with van der Waals surface area (Å²) in [7, 11) is 0. The molecule has 0 aliphatic carbocycles. The summed E-state index contributed by atoms with van der Waals surface area (Å²) in [6.45, 7) is 5.40. The van der Waals surface area contributed by atoms with Crippen LogP contribution in [0.5, 0.6) is 0 Å². The van der Waals surface area contributed by atoms with Crippen molar-refractivity contribution in [3.05, 3.63) is 16.1 Å². The Morgan fingerprint density at radius 2 is 2.17 bits per heavy atom. The molecule has 1 fully saturated rings. The van der Waals surface area contributed by atoms with Crippen molar-refractivity contribution < 1.29 is 14.6 Å². The van der Waals surface area contributed by atoms with E-state index in [2.05, 4.69) is 10.2 Å². The Morgan fingerprint density at radius 1 is 1.43 bits per heavy atom. The molecule has 2 aromatic rings. The third kappa shape index (κ3) is 2.77. The molecule has 0 saturated carbocycles. The summed E-state index contributed by atoms with van der Waals surface area (Å²) in [4.78, 5) is 15.9. The number of nitrogen functional groups attached to an aromatic ring is 1. The summed E-state index contributed by atoms with van der Waals surface area (Å²) >= 11 is 1.28. The first-order valence-corrected chi connectivity index (χ1v) is 8.37. The van der Waals surface area contributed by atoms with Crippen molar-refractivity contribution in [1.82, 2.24) is 15.1 Å². The number of rotatable bonds is 5. The van der Waals surface area contributed by atoms with Gasteiger partial charge in [-0.15, -0.1) is 16.4 Å². The van der Waals surface area contributed by atoms with Gasteiger partial charge in [0.1, 0.15) is 9.71 Å². The van der Waals surface area contributed by atoms with E-state index in [9.17, 15) is 4.79 Å². The number of nitrogens with zero attached hydrogens (tertiary/aromatic N) is 3. The van der Waals surface area contributed by atoms with Crippen molar-refractivity contribution in [2.75, 3.05) is 32.1 Å². The van der Waals surface area contributed by atoms with Gasteiger partial charge in [-0.05, 0) is 25.8 Å². The van der Waals surface area contributed by atoms with E-state index in [0.29, 0.717) is 41.6 Å². The molecular formula is C15H20N4O3S. The fourth-order valence-corrected chi connectivity index (χ4v) is 3.68. The monoisotopic (exact) mass is 336 g/mol. The standard InChI is InChI=1S/C15H20N4O3S/c1-8-9(2)17-18-14-11(8)12(16)13(23-14)15(21)19(4-3-5-20)10-6-22-7-10/h10,20H,3-7,16H2,1-2H3. The van der Waals surface area contributed by atoms with Gasteiger partial charge in [0.15, 0.2) is 0 Å². The number of ether oxygens (including phenoxy) is 1. The minimum absolute atomic E-state index is 0.0447. The molecule has 0 unspecified atom stereocenters. The summed E-state index contributed by atoms with van der Waals surface area (Å²) in [5.41, 5.74) is 8.49. The molecule has 1 saturated heterocycles. The van der Waals surface area contributed by atoms with Crippen LogP contribution in [0.3, 0.4) is 0 Å². The Morgan fingerprint density at radius 3 is 2.78 bits per heavy atom. The SMILES string of the molecule is Cc1nnc2sc(C(=O)N(CCCO)C3COC3)c(N)c2c1C. The highest BCUT2D eigenvalue weighted by atomic mass is 32.1. The van der Waals surface area contributed by atoms with Gasteiger partial charge >= 0.3 is 0 Å². The highest BCUT2D eigenvalue weighted by Crippen LogP contribution is 2.36. The molecule has 3 N–H and O–H groups in total. The van der Waals surface area contributed by atoms with Gasteiger partial charge in [0, 0.05) is 18.5 Å². The number of anilines is 1. The Kier molecular flexibility index (Phi) is 4.47. The van der Waals surface area contributed by atoms with Crippen molar-refractivity contribution in [3.63, 3.8) is 0 Å². The molecule has 2 aromatic heterocycles. The number of hydrogen-bond acceptors (Lipinski definition) is 7. The maximum absolute atomic E-state index is 12.9. The van der Waals surface area contributed by atoms with E-state index in [1.165, 1.54) is 11.3 Å². The number of hydrogen-bond donors (Lipinski definition) is 2. The average molecular weight is 336 g/mol. The minimum Gasteiger partial charge on any atom is -0.397 e. The van der Waals surface area contributed by atoms with Gasteiger partial charge in [0.2, 0.25) is 0 Å². The highest BCUT2D eigenvalue weighted by molar-refractivity contribution is 7.21. The lowest BCUT2D eigenvalue weighted by Gasteiger charge is -2.37. The Balaban J connectivity index is 1.98. The summed E-state index contributed by atoms with van der Waals surface area (Å²) in [5.74, 6) is -0.121. The van der Waals surface area contributed by atoms with Crippen LogP contribution in [0.2, 0.25) is 0 Å². The molecule has 1 aliphatic rings. The fraction of sp³-hybridized carbons (Fsp3) is 0.533. The van der Waals surface area contributed by atoms with Crippen LogP contribution < -0.4 is 5.73 Å². The number of aliphatic hydroxyl groups is 1. The molecule has 8 heteroatoms. The summed E-state index contributed by atoms with van der Waals surface area (Å²) < 4.78 is 5.20. The van der Waals surface area contributed by atoms with Crippen LogP contribution in [0.15, 0.2) is 0 Å². The molecule has 0 atom stereocenters. The quantitative estimate of drug-likeness (QED) is 0.848. The van der Waals surface area contributed by atoms with Crippen LogP contribution in [0, 0.1) is 13.8 Å². The lowest BCUT2D eigenvalue weighted by molar-refractivity contribution is -0.0548. The molecule has 1 aliphatic heterocycles. The van der Waals surface area contributed by atoms with Gasteiger partial charge in [0.05, 0.1) is 30.6 Å². The first kappa shape index (κ1) is 16.1. The number of carbonyl (C=O) groups excluding carboxylic acids is 1. The van der Waals surface area contributed by atoms with Crippen LogP contribution in [0.25, 0.3) is 10.2 Å². The van der Waals surface area contributed by atoms with Gasteiger partial charge in [-0.3, -0.25) is 4.79 Å². The predicted octanol–water partition coefficient (Wildman–Crippen LogP) is 1.11. The van der Waals surface area contributed by atoms with Gasteiger partial charge in [-0.2, -0.15) is 5.10 Å². The number of aryl methyl sites for hydroxylation is 2. The fourth-order valence-electron chi connectivity index (χ4n) is 2.62. The van der Waals surface area contributed by atoms with Crippen LogP contribution in [-0.4, -0.2) is 58.5 Å². The Labute approximate surface area is 138 Å². The van der Waals surface area contributed by atoms with E-state index in [1.807, 2.05) is 13.8 Å². The number of amides is 1. The second kappa shape index (κ2) is 6.38. The van der Waals surface area contributed by atoms with Gasteiger partial charge < -0.3 is 20.5 Å². The van der Waals surface area contributed by atoms with E-state index < -0.39 is 0 Å². The van der Waals surface area contributed by atoms with Gasteiger partial charge in [-0.25, -0.2) is 0 Å². The first-order valence-electron chi connectivity index (χ1n) is 7.56.